The number of amides is 1. The minimum absolute atomic E-state index is 0.166. The van der Waals surface area contributed by atoms with E-state index in [2.05, 4.69) is 33.3 Å². The molecule has 1 heterocycles. The van der Waals surface area contributed by atoms with Gasteiger partial charge in [-0.15, -0.1) is 0 Å². The minimum Gasteiger partial charge on any atom is -0.318 e. The summed E-state index contributed by atoms with van der Waals surface area (Å²) in [6, 6.07) is 17.8. The van der Waals surface area contributed by atoms with Crippen molar-refractivity contribution in [2.75, 3.05) is 10.8 Å². The summed E-state index contributed by atoms with van der Waals surface area (Å²) in [5.74, 6) is -0.831. The van der Waals surface area contributed by atoms with Gasteiger partial charge in [0.2, 0.25) is 0 Å². The summed E-state index contributed by atoms with van der Waals surface area (Å²) in [6.07, 6.45) is -3.26. The van der Waals surface area contributed by atoms with Crippen molar-refractivity contribution in [2.24, 2.45) is 5.10 Å². The summed E-state index contributed by atoms with van der Waals surface area (Å²) in [6.45, 7) is 8.87. The number of halogens is 3. The van der Waals surface area contributed by atoms with E-state index in [1.165, 1.54) is 24.4 Å². The largest absolute Gasteiger partial charge is 0.416 e. The zero-order chi connectivity index (χ0) is 30.8. The predicted octanol–water partition coefficient (Wildman–Crippen LogP) is 6.38. The van der Waals surface area contributed by atoms with E-state index in [1.54, 1.807) is 19.1 Å². The lowest BCUT2D eigenvalue weighted by Crippen LogP contribution is -2.39. The Morgan fingerprint density at radius 2 is 1.55 bits per heavy atom. The van der Waals surface area contributed by atoms with Gasteiger partial charge in [-0.25, -0.2) is 13.8 Å². The third-order valence-electron chi connectivity index (χ3n) is 6.69. The Morgan fingerprint density at radius 1 is 0.905 bits per heavy atom. The van der Waals surface area contributed by atoms with Crippen molar-refractivity contribution in [1.29, 1.82) is 0 Å². The first-order valence-corrected chi connectivity index (χ1v) is 14.5. The number of rotatable bonds is 8. The summed E-state index contributed by atoms with van der Waals surface area (Å²) >= 11 is 0. The number of aryl methyl sites for hydroxylation is 4. The molecule has 0 aliphatic rings. The van der Waals surface area contributed by atoms with Crippen LogP contribution in [0, 0.1) is 34.6 Å². The van der Waals surface area contributed by atoms with E-state index in [-0.39, 0.29) is 10.6 Å². The molecule has 1 N–H and O–H groups in total. The number of aromatic nitrogens is 1. The van der Waals surface area contributed by atoms with Crippen LogP contribution in [0.25, 0.3) is 5.69 Å². The molecule has 0 unspecified atom stereocenters. The maximum absolute atomic E-state index is 13.5. The third-order valence-corrected chi connectivity index (χ3v) is 8.47. The van der Waals surface area contributed by atoms with E-state index in [0.717, 1.165) is 51.5 Å². The standard InChI is InChI=1S/C31H31F3N4O3S/c1-20-9-11-29(12-10-20)42(40,41)37(27-8-6-7-26(17-27)31(32,33)34)19-30(39)36-35-18-25-16-23(4)38(24(25)5)28-14-21(2)13-22(3)15-28/h6-18H,19H2,1-5H3,(H,36,39)/b35-18-. The van der Waals surface area contributed by atoms with E-state index in [0.29, 0.717) is 10.4 Å². The minimum atomic E-state index is -4.70. The first-order chi connectivity index (χ1) is 19.7. The van der Waals surface area contributed by atoms with Crippen LogP contribution in [0.5, 0.6) is 0 Å². The number of benzene rings is 3. The zero-order valence-electron chi connectivity index (χ0n) is 23.8. The summed E-state index contributed by atoms with van der Waals surface area (Å²) in [5.41, 5.74) is 7.55. The van der Waals surface area contributed by atoms with Gasteiger partial charge >= 0.3 is 6.18 Å². The molecule has 220 valence electrons. The normalized spacial score (nSPS) is 12.1. The van der Waals surface area contributed by atoms with Crippen LogP contribution in [0.15, 0.2) is 82.8 Å². The van der Waals surface area contributed by atoms with Gasteiger partial charge in [0.1, 0.15) is 6.54 Å². The molecule has 0 saturated carbocycles. The third kappa shape index (κ3) is 6.73. The van der Waals surface area contributed by atoms with Crippen LogP contribution in [0.1, 0.15) is 39.2 Å². The average Bonchev–Trinajstić information content (AvgIpc) is 3.19. The van der Waals surface area contributed by atoms with E-state index in [4.69, 9.17) is 0 Å². The van der Waals surface area contributed by atoms with Gasteiger partial charge in [-0.05, 0) is 94.3 Å². The topological polar surface area (TPSA) is 83.8 Å². The molecule has 0 bridgehead atoms. The molecule has 0 fully saturated rings. The molecule has 0 radical (unpaired) electrons. The maximum atomic E-state index is 13.5. The number of anilines is 1. The van der Waals surface area contributed by atoms with Crippen molar-refractivity contribution < 1.29 is 26.4 Å². The highest BCUT2D eigenvalue weighted by atomic mass is 32.2. The van der Waals surface area contributed by atoms with Crippen LogP contribution in [-0.2, 0) is 21.0 Å². The summed E-state index contributed by atoms with van der Waals surface area (Å²) < 4.78 is 70.0. The second-order valence-corrected chi connectivity index (χ2v) is 12.0. The molecule has 0 aliphatic heterocycles. The summed E-state index contributed by atoms with van der Waals surface area (Å²) in [4.78, 5) is 12.8. The highest BCUT2D eigenvalue weighted by molar-refractivity contribution is 7.92. The van der Waals surface area contributed by atoms with Gasteiger partial charge in [0.15, 0.2) is 0 Å². The highest BCUT2D eigenvalue weighted by Crippen LogP contribution is 2.33. The SMILES string of the molecule is Cc1ccc(S(=O)(=O)N(CC(=O)N/N=C\c2cc(C)n(-c3cc(C)cc(C)c3)c2C)c2cccc(C(F)(F)F)c2)cc1. The molecule has 1 aromatic heterocycles. The van der Waals surface area contributed by atoms with Crippen LogP contribution in [-0.4, -0.2) is 31.7 Å². The lowest BCUT2D eigenvalue weighted by atomic mass is 10.1. The van der Waals surface area contributed by atoms with Gasteiger partial charge in [-0.3, -0.25) is 9.10 Å². The van der Waals surface area contributed by atoms with E-state index >= 15 is 0 Å². The Bertz CT molecular complexity index is 1740. The smallest absolute Gasteiger partial charge is 0.318 e. The Labute approximate surface area is 243 Å². The van der Waals surface area contributed by atoms with Gasteiger partial charge < -0.3 is 4.57 Å². The Morgan fingerprint density at radius 3 is 2.17 bits per heavy atom. The number of nitrogens with one attached hydrogen (secondary N) is 1. The monoisotopic (exact) mass is 596 g/mol. The van der Waals surface area contributed by atoms with Gasteiger partial charge in [-0.2, -0.15) is 18.3 Å². The first-order valence-electron chi connectivity index (χ1n) is 13.0. The van der Waals surface area contributed by atoms with Gasteiger partial charge in [0.25, 0.3) is 15.9 Å². The van der Waals surface area contributed by atoms with Gasteiger partial charge in [0.05, 0.1) is 22.4 Å². The van der Waals surface area contributed by atoms with Crippen molar-refractivity contribution in [1.82, 2.24) is 9.99 Å². The Hall–Kier alpha value is -4.38. The van der Waals surface area contributed by atoms with E-state index in [1.807, 2.05) is 33.8 Å². The summed E-state index contributed by atoms with van der Waals surface area (Å²) in [7, 11) is -4.40. The number of alkyl halides is 3. The number of nitrogens with zero attached hydrogens (tertiary/aromatic N) is 3. The molecule has 42 heavy (non-hydrogen) atoms. The summed E-state index contributed by atoms with van der Waals surface area (Å²) in [5, 5.41) is 4.02. The zero-order valence-corrected chi connectivity index (χ0v) is 24.6. The van der Waals surface area contributed by atoms with E-state index in [9.17, 15) is 26.4 Å². The second kappa shape index (κ2) is 11.8. The maximum Gasteiger partial charge on any atom is 0.416 e. The van der Waals surface area contributed by atoms with Crippen molar-refractivity contribution >= 4 is 27.8 Å². The lowest BCUT2D eigenvalue weighted by Gasteiger charge is -2.24. The van der Waals surface area contributed by atoms with Crippen LogP contribution in [0.4, 0.5) is 18.9 Å². The molecule has 1 amide bonds. The number of hydrazone groups is 1. The Kier molecular flexibility index (Phi) is 8.63. The fraction of sp³-hybridized carbons (Fsp3) is 0.226. The molecule has 0 atom stereocenters. The highest BCUT2D eigenvalue weighted by Gasteiger charge is 2.33. The molecule has 7 nitrogen and oxygen atoms in total. The Balaban J connectivity index is 1.60. The number of carbonyl (C=O) groups excluding carboxylic acids is 1. The van der Waals surface area contributed by atoms with Crippen molar-refractivity contribution in [3.8, 4) is 5.69 Å². The lowest BCUT2D eigenvalue weighted by molar-refractivity contribution is -0.137. The van der Waals surface area contributed by atoms with Crippen molar-refractivity contribution in [3.05, 3.63) is 112 Å². The molecule has 0 spiro atoms. The first kappa shape index (κ1) is 30.6. The average molecular weight is 597 g/mol. The number of carbonyl (C=O) groups is 1. The van der Waals surface area contributed by atoms with Crippen LogP contribution in [0.3, 0.4) is 0 Å². The predicted molar refractivity (Wildman–Crippen MR) is 158 cm³/mol. The van der Waals surface area contributed by atoms with Gasteiger partial charge in [0, 0.05) is 22.6 Å². The van der Waals surface area contributed by atoms with E-state index < -0.39 is 34.2 Å². The van der Waals surface area contributed by atoms with Crippen LogP contribution < -0.4 is 9.73 Å². The molecule has 11 heteroatoms. The number of hydrogen-bond acceptors (Lipinski definition) is 4. The van der Waals surface area contributed by atoms with Crippen molar-refractivity contribution in [2.45, 2.75) is 45.7 Å². The number of sulfonamides is 1. The number of hydrogen-bond donors (Lipinski definition) is 1. The molecule has 3 aromatic carbocycles. The quantitative estimate of drug-likeness (QED) is 0.189. The molecule has 4 aromatic rings. The second-order valence-electron chi connectivity index (χ2n) is 10.2. The fourth-order valence-corrected chi connectivity index (χ4v) is 6.14. The van der Waals surface area contributed by atoms with Gasteiger partial charge in [-0.1, -0.05) is 29.8 Å². The molecule has 0 aliphatic carbocycles. The van der Waals surface area contributed by atoms with Crippen molar-refractivity contribution in [3.63, 3.8) is 0 Å². The molecular formula is C31H31F3N4O3S. The van der Waals surface area contributed by atoms with Crippen LogP contribution >= 0.6 is 0 Å². The molecular weight excluding hydrogens is 565 g/mol. The van der Waals surface area contributed by atoms with Crippen LogP contribution in [0.2, 0.25) is 0 Å². The molecule has 0 saturated heterocycles. The molecule has 4 rings (SSSR count). The fourth-order valence-electron chi connectivity index (χ4n) is 4.72.